The molecule has 1 aliphatic rings. The summed E-state index contributed by atoms with van der Waals surface area (Å²) in [5, 5.41) is 0. The van der Waals surface area contributed by atoms with Crippen LogP contribution in [0.2, 0.25) is 0 Å². The summed E-state index contributed by atoms with van der Waals surface area (Å²) in [4.78, 5) is 12.5. The van der Waals surface area contributed by atoms with E-state index in [2.05, 4.69) is 0 Å². The molecule has 0 amide bonds. The minimum absolute atomic E-state index is 0.117. The first-order chi connectivity index (χ1) is 12.5. The predicted molar refractivity (Wildman–Crippen MR) is 91.7 cm³/mol. The van der Waals surface area contributed by atoms with Crippen molar-refractivity contribution >= 4 is 5.78 Å². The third-order valence-electron chi connectivity index (χ3n) is 4.26. The van der Waals surface area contributed by atoms with Gasteiger partial charge in [0.2, 0.25) is 17.7 Å². The third kappa shape index (κ3) is 2.79. The van der Waals surface area contributed by atoms with Crippen LogP contribution in [0.1, 0.15) is 22.0 Å². The third-order valence-corrected chi connectivity index (χ3v) is 4.26. The highest BCUT2D eigenvalue weighted by Crippen LogP contribution is 2.47. The van der Waals surface area contributed by atoms with Gasteiger partial charge >= 0.3 is 0 Å². The van der Waals surface area contributed by atoms with Gasteiger partial charge in [-0.1, -0.05) is 6.07 Å². The summed E-state index contributed by atoms with van der Waals surface area (Å²) in [6.07, 6.45) is -3.01. The Bertz CT molecular complexity index is 835. The van der Waals surface area contributed by atoms with E-state index in [0.29, 0.717) is 22.8 Å². The second-order valence-corrected chi connectivity index (χ2v) is 5.60. The first kappa shape index (κ1) is 17.8. The number of alkyl halides is 1. The molecule has 0 aliphatic carbocycles. The second kappa shape index (κ2) is 7.11. The molecular weight excluding hydrogens is 343 g/mol. The van der Waals surface area contributed by atoms with Gasteiger partial charge in [0.1, 0.15) is 0 Å². The van der Waals surface area contributed by atoms with Gasteiger partial charge in [0, 0.05) is 0 Å². The number of rotatable bonds is 5. The molecule has 0 aromatic heterocycles. The zero-order valence-electron chi connectivity index (χ0n) is 14.9. The van der Waals surface area contributed by atoms with E-state index >= 15 is 0 Å². The van der Waals surface area contributed by atoms with Gasteiger partial charge in [-0.2, -0.15) is 0 Å². The maximum absolute atomic E-state index is 14.8. The van der Waals surface area contributed by atoms with Crippen molar-refractivity contribution in [2.24, 2.45) is 0 Å². The average molecular weight is 362 g/mol. The van der Waals surface area contributed by atoms with Crippen molar-refractivity contribution in [3.63, 3.8) is 0 Å². The van der Waals surface area contributed by atoms with Crippen molar-refractivity contribution in [3.05, 3.63) is 41.5 Å². The fourth-order valence-corrected chi connectivity index (χ4v) is 2.95. The number of Topliss-reactive ketones (excluding diaryl/α,β-unsaturated/α-hetero) is 1. The highest BCUT2D eigenvalue weighted by Gasteiger charge is 2.41. The Balaban J connectivity index is 2.08. The molecule has 0 spiro atoms. The van der Waals surface area contributed by atoms with Crippen molar-refractivity contribution in [2.45, 2.75) is 12.3 Å². The molecule has 2 aromatic carbocycles. The molecule has 0 N–H and O–H groups in total. The molecule has 138 valence electrons. The number of hydrogen-bond acceptors (Lipinski definition) is 6. The zero-order chi connectivity index (χ0) is 18.8. The van der Waals surface area contributed by atoms with E-state index in [1.807, 2.05) is 0 Å². The van der Waals surface area contributed by atoms with Crippen molar-refractivity contribution in [1.29, 1.82) is 0 Å². The zero-order valence-corrected chi connectivity index (χ0v) is 14.9. The molecule has 2 aromatic rings. The molecular formula is C19H19FO6. The van der Waals surface area contributed by atoms with Crippen LogP contribution in [0.25, 0.3) is 0 Å². The quantitative estimate of drug-likeness (QED) is 0.813. The first-order valence-electron chi connectivity index (χ1n) is 7.87. The fourth-order valence-electron chi connectivity index (χ4n) is 2.95. The monoisotopic (exact) mass is 362 g/mol. The Morgan fingerprint density at radius 2 is 1.54 bits per heavy atom. The number of hydrogen-bond donors (Lipinski definition) is 0. The molecule has 2 unspecified atom stereocenters. The minimum Gasteiger partial charge on any atom is -0.493 e. The van der Waals surface area contributed by atoms with Crippen LogP contribution in [0.15, 0.2) is 30.3 Å². The van der Waals surface area contributed by atoms with Crippen LogP contribution in [-0.4, -0.2) is 40.4 Å². The molecule has 6 nitrogen and oxygen atoms in total. The Kier molecular flexibility index (Phi) is 4.88. The molecule has 0 bridgehead atoms. The molecule has 2 atom stereocenters. The van der Waals surface area contributed by atoms with E-state index in [0.717, 1.165) is 0 Å². The largest absolute Gasteiger partial charge is 0.493 e. The fraction of sp³-hybridized carbons (Fsp3) is 0.316. The van der Waals surface area contributed by atoms with E-state index in [9.17, 15) is 9.18 Å². The van der Waals surface area contributed by atoms with E-state index in [1.54, 1.807) is 24.3 Å². The number of halogens is 1. The van der Waals surface area contributed by atoms with Gasteiger partial charge in [-0.15, -0.1) is 0 Å². The predicted octanol–water partition coefficient (Wildman–Crippen LogP) is 3.38. The van der Waals surface area contributed by atoms with E-state index in [-0.39, 0.29) is 17.1 Å². The lowest BCUT2D eigenvalue weighted by molar-refractivity contribution is 0.0524. The minimum atomic E-state index is -1.86. The number of carbonyl (C=O) groups is 1. The van der Waals surface area contributed by atoms with Crippen molar-refractivity contribution in [1.82, 2.24) is 0 Å². The second-order valence-electron chi connectivity index (χ2n) is 5.60. The van der Waals surface area contributed by atoms with E-state index in [1.165, 1.54) is 34.5 Å². The average Bonchev–Trinajstić information content (AvgIpc) is 2.68. The van der Waals surface area contributed by atoms with Crippen molar-refractivity contribution in [3.8, 4) is 28.7 Å². The summed E-state index contributed by atoms with van der Waals surface area (Å²) in [5.74, 6) is 1.03. The summed E-state index contributed by atoms with van der Waals surface area (Å²) in [7, 11) is 5.88. The highest BCUT2D eigenvalue weighted by molar-refractivity contribution is 6.04. The van der Waals surface area contributed by atoms with Crippen LogP contribution >= 0.6 is 0 Å². The molecule has 7 heteroatoms. The van der Waals surface area contributed by atoms with Gasteiger partial charge in [-0.25, -0.2) is 4.39 Å². The standard InChI is InChI=1S/C19H19FO6/c1-22-12-7-5-10(9-14(12)24-3)17-15(20)16(21)11-6-8-13(23-2)19(25-4)18(11)26-17/h5-9,15,17H,1-4H3. The van der Waals surface area contributed by atoms with Crippen LogP contribution in [0.4, 0.5) is 4.39 Å². The lowest BCUT2D eigenvalue weighted by Crippen LogP contribution is -2.33. The molecule has 0 saturated heterocycles. The first-order valence-corrected chi connectivity index (χ1v) is 7.87. The lowest BCUT2D eigenvalue weighted by Gasteiger charge is -2.30. The summed E-state index contributed by atoms with van der Waals surface area (Å²) in [5.41, 5.74) is 0.561. The summed E-state index contributed by atoms with van der Waals surface area (Å²) >= 11 is 0. The number of ether oxygens (including phenoxy) is 5. The number of methoxy groups -OCH3 is 4. The molecule has 1 aliphatic heterocycles. The van der Waals surface area contributed by atoms with E-state index < -0.39 is 18.1 Å². The maximum atomic E-state index is 14.8. The Morgan fingerprint density at radius 3 is 2.15 bits per heavy atom. The van der Waals surface area contributed by atoms with Gasteiger partial charge in [-0.05, 0) is 29.8 Å². The highest BCUT2D eigenvalue weighted by atomic mass is 19.1. The molecule has 26 heavy (non-hydrogen) atoms. The maximum Gasteiger partial charge on any atom is 0.205 e. The summed E-state index contributed by atoms with van der Waals surface area (Å²) < 4.78 is 41.6. The normalized spacial score (nSPS) is 18.6. The Hall–Kier alpha value is -2.96. The molecule has 0 saturated carbocycles. The molecule has 3 rings (SSSR count). The molecule has 1 heterocycles. The van der Waals surface area contributed by atoms with Gasteiger partial charge in [-0.3, -0.25) is 4.79 Å². The van der Waals surface area contributed by atoms with Gasteiger partial charge in [0.25, 0.3) is 0 Å². The number of benzene rings is 2. The van der Waals surface area contributed by atoms with Crippen molar-refractivity contribution < 1.29 is 32.9 Å². The van der Waals surface area contributed by atoms with Gasteiger partial charge in [0.05, 0.1) is 34.0 Å². The van der Waals surface area contributed by atoms with Gasteiger partial charge < -0.3 is 23.7 Å². The molecule has 0 radical (unpaired) electrons. The smallest absolute Gasteiger partial charge is 0.205 e. The van der Waals surface area contributed by atoms with Crippen molar-refractivity contribution in [2.75, 3.05) is 28.4 Å². The summed E-state index contributed by atoms with van der Waals surface area (Å²) in [6, 6.07) is 7.86. The molecule has 0 fully saturated rings. The van der Waals surface area contributed by atoms with Crippen LogP contribution in [-0.2, 0) is 0 Å². The van der Waals surface area contributed by atoms with Crippen LogP contribution in [0.5, 0.6) is 28.7 Å². The number of fused-ring (bicyclic) bond motifs is 1. The SMILES string of the molecule is COc1ccc(C2Oc3c(ccc(OC)c3OC)C(=O)C2F)cc1OC. The lowest BCUT2D eigenvalue weighted by atomic mass is 9.94. The Morgan fingerprint density at radius 1 is 0.885 bits per heavy atom. The summed E-state index contributed by atoms with van der Waals surface area (Å²) in [6.45, 7) is 0. The number of carbonyl (C=O) groups excluding carboxylic acids is 1. The van der Waals surface area contributed by atoms with E-state index in [4.69, 9.17) is 23.7 Å². The van der Waals surface area contributed by atoms with Gasteiger partial charge in [0.15, 0.2) is 29.1 Å². The van der Waals surface area contributed by atoms with Crippen LogP contribution < -0.4 is 23.7 Å². The van der Waals surface area contributed by atoms with Crippen LogP contribution in [0, 0.1) is 0 Å². The topological polar surface area (TPSA) is 63.2 Å². The van der Waals surface area contributed by atoms with Crippen LogP contribution in [0.3, 0.4) is 0 Å². The number of ketones is 1. The Labute approximate surface area is 150 Å².